The summed E-state index contributed by atoms with van der Waals surface area (Å²) in [5.74, 6) is 0.0400. The highest BCUT2D eigenvalue weighted by Gasteiger charge is 2.08. The number of carbonyl (C=O) groups is 2. The van der Waals surface area contributed by atoms with Gasteiger partial charge in [-0.25, -0.2) is 0 Å². The zero-order chi connectivity index (χ0) is 23.0. The van der Waals surface area contributed by atoms with E-state index in [0.717, 1.165) is 7.11 Å². The van der Waals surface area contributed by atoms with Gasteiger partial charge in [-0.1, -0.05) is 30.6 Å². The first-order chi connectivity index (χ1) is 13.7. The van der Waals surface area contributed by atoms with Crippen LogP contribution in [-0.4, -0.2) is 68.1 Å². The molecule has 9 heteroatoms. The van der Waals surface area contributed by atoms with Crippen LogP contribution in [-0.2, 0) is 6.54 Å². The Bertz CT molecular complexity index is 756. The molecule has 0 aliphatic rings. The van der Waals surface area contributed by atoms with Gasteiger partial charge in [0.25, 0.3) is 0 Å². The first-order valence-corrected chi connectivity index (χ1v) is 9.03. The average molecular weight is 463 g/mol. The molecule has 170 valence electrons. The highest BCUT2D eigenvalue weighted by atomic mass is 35.5. The molecule has 0 spiro atoms. The van der Waals surface area contributed by atoms with Crippen molar-refractivity contribution in [3.63, 3.8) is 0 Å². The largest absolute Gasteiger partial charge is 0.506 e. The number of aldehydes is 2. The van der Waals surface area contributed by atoms with E-state index in [1.54, 1.807) is 6.07 Å². The third-order valence-electron chi connectivity index (χ3n) is 2.90. The molecule has 2 aromatic carbocycles. The number of benzene rings is 2. The van der Waals surface area contributed by atoms with Crippen molar-refractivity contribution < 1.29 is 24.9 Å². The van der Waals surface area contributed by atoms with Gasteiger partial charge in [0.2, 0.25) is 0 Å². The molecular weight excluding hydrogens is 431 g/mol. The second-order valence-electron chi connectivity index (χ2n) is 5.69. The maximum absolute atomic E-state index is 10.6. The zero-order valence-electron chi connectivity index (χ0n) is 17.1. The van der Waals surface area contributed by atoms with E-state index in [2.05, 4.69) is 5.32 Å². The van der Waals surface area contributed by atoms with Gasteiger partial charge in [0, 0.05) is 30.3 Å². The molecule has 7 nitrogen and oxygen atoms in total. The second kappa shape index (κ2) is 18.8. The summed E-state index contributed by atoms with van der Waals surface area (Å²) in [7, 11) is 8.50. The molecule has 0 aliphatic carbocycles. The van der Waals surface area contributed by atoms with Crippen LogP contribution in [0.5, 0.6) is 11.5 Å². The van der Waals surface area contributed by atoms with Crippen molar-refractivity contribution in [2.45, 2.75) is 14.0 Å². The van der Waals surface area contributed by atoms with E-state index in [0.29, 0.717) is 35.8 Å². The Balaban J connectivity index is -0.000000401. The van der Waals surface area contributed by atoms with Gasteiger partial charge in [-0.05, 0) is 58.5 Å². The van der Waals surface area contributed by atoms with E-state index in [1.165, 1.54) is 24.3 Å². The lowest BCUT2D eigenvalue weighted by molar-refractivity contribution is 0.111. The number of hydrogen-bond acceptors (Lipinski definition) is 7. The van der Waals surface area contributed by atoms with Gasteiger partial charge >= 0.3 is 0 Å². The number of nitrogens with zero attached hydrogens (tertiary/aromatic N) is 1. The molecule has 0 fully saturated rings. The number of nitrogens with one attached hydrogen (secondary N) is 1. The van der Waals surface area contributed by atoms with Gasteiger partial charge in [-0.3, -0.25) is 9.59 Å². The van der Waals surface area contributed by atoms with E-state index in [-0.39, 0.29) is 29.0 Å². The third-order valence-corrected chi connectivity index (χ3v) is 3.49. The maximum Gasteiger partial charge on any atom is 0.150 e. The Labute approximate surface area is 188 Å². The Morgan fingerprint density at radius 1 is 0.933 bits per heavy atom. The van der Waals surface area contributed by atoms with Gasteiger partial charge in [0.05, 0.1) is 10.0 Å². The summed E-state index contributed by atoms with van der Waals surface area (Å²) in [6, 6.07) is 7.36. The number of carbonyl (C=O) groups excluding carboxylic acids is 2. The van der Waals surface area contributed by atoms with E-state index in [4.69, 9.17) is 33.4 Å². The summed E-state index contributed by atoms with van der Waals surface area (Å²) in [4.78, 5) is 22.6. The Morgan fingerprint density at radius 3 is 1.80 bits per heavy atom. The fourth-order valence-electron chi connectivity index (χ4n) is 1.80. The Morgan fingerprint density at radius 2 is 1.40 bits per heavy atom. The van der Waals surface area contributed by atoms with Gasteiger partial charge < -0.3 is 25.5 Å². The summed E-state index contributed by atoms with van der Waals surface area (Å²) in [5, 5.41) is 28.6. The first-order valence-electron chi connectivity index (χ1n) is 8.28. The minimum absolute atomic E-state index is 0. The summed E-state index contributed by atoms with van der Waals surface area (Å²) in [6.07, 6.45) is 1.38. The molecule has 0 atom stereocenters. The molecule has 30 heavy (non-hydrogen) atoms. The molecular formula is C21H32Cl2N2O5. The molecule has 0 bridgehead atoms. The molecule has 0 aromatic heterocycles. The number of phenols is 2. The lowest BCUT2D eigenvalue weighted by Gasteiger charge is -2.12. The van der Waals surface area contributed by atoms with Crippen molar-refractivity contribution in [2.24, 2.45) is 0 Å². The highest BCUT2D eigenvalue weighted by molar-refractivity contribution is 6.32. The fourth-order valence-corrected chi connectivity index (χ4v) is 2.24. The van der Waals surface area contributed by atoms with Crippen molar-refractivity contribution in [2.75, 3.05) is 35.3 Å². The van der Waals surface area contributed by atoms with Crippen molar-refractivity contribution in [3.8, 4) is 11.5 Å². The minimum atomic E-state index is -0.00716. The van der Waals surface area contributed by atoms with Crippen molar-refractivity contribution in [3.05, 3.63) is 57.1 Å². The SMILES string of the molecule is C.CN(C)Cc1cc(C=O)cc(Cl)c1O.CNC.CO.O=Cc1ccc(O)c(Cl)c1. The minimum Gasteiger partial charge on any atom is -0.506 e. The van der Waals surface area contributed by atoms with Crippen molar-refractivity contribution >= 4 is 35.8 Å². The predicted molar refractivity (Wildman–Crippen MR) is 124 cm³/mol. The van der Waals surface area contributed by atoms with Crippen molar-refractivity contribution in [1.82, 2.24) is 10.2 Å². The molecule has 2 aromatic rings. The van der Waals surface area contributed by atoms with Crippen molar-refractivity contribution in [1.29, 1.82) is 0 Å². The normalized spacial score (nSPS) is 8.83. The van der Waals surface area contributed by atoms with Crippen LogP contribution in [0.3, 0.4) is 0 Å². The smallest absolute Gasteiger partial charge is 0.150 e. The van der Waals surface area contributed by atoms with E-state index in [1.807, 2.05) is 33.1 Å². The fraction of sp³-hybridized carbons (Fsp3) is 0.333. The zero-order valence-corrected chi connectivity index (χ0v) is 18.6. The van der Waals surface area contributed by atoms with E-state index < -0.39 is 0 Å². The molecule has 4 N–H and O–H groups in total. The van der Waals surface area contributed by atoms with E-state index in [9.17, 15) is 14.7 Å². The maximum atomic E-state index is 10.6. The number of phenolic OH excluding ortho intramolecular Hbond substituents is 2. The monoisotopic (exact) mass is 462 g/mol. The summed E-state index contributed by atoms with van der Waals surface area (Å²) in [5.41, 5.74) is 1.59. The Kier molecular flexibility index (Phi) is 20.4. The molecule has 0 heterocycles. The van der Waals surface area contributed by atoms with Crippen LogP contribution in [0.25, 0.3) is 0 Å². The van der Waals surface area contributed by atoms with Crippen LogP contribution in [0, 0.1) is 0 Å². The topological polar surface area (TPSA) is 110 Å². The third kappa shape index (κ3) is 13.1. The summed E-state index contributed by atoms with van der Waals surface area (Å²) >= 11 is 11.2. The summed E-state index contributed by atoms with van der Waals surface area (Å²) < 4.78 is 0. The van der Waals surface area contributed by atoms with Gasteiger partial charge in [0.1, 0.15) is 24.1 Å². The van der Waals surface area contributed by atoms with Crippen LogP contribution < -0.4 is 5.32 Å². The van der Waals surface area contributed by atoms with Crippen LogP contribution in [0.15, 0.2) is 30.3 Å². The quantitative estimate of drug-likeness (QED) is 0.510. The number of rotatable bonds is 4. The molecule has 0 amide bonds. The lowest BCUT2D eigenvalue weighted by atomic mass is 10.1. The van der Waals surface area contributed by atoms with Gasteiger partial charge in [-0.2, -0.15) is 0 Å². The average Bonchev–Trinajstić information content (AvgIpc) is 2.69. The number of aliphatic hydroxyl groups is 1. The number of hydrogen-bond donors (Lipinski definition) is 4. The van der Waals surface area contributed by atoms with Crippen LogP contribution in [0.4, 0.5) is 0 Å². The van der Waals surface area contributed by atoms with Gasteiger partial charge in [0.15, 0.2) is 0 Å². The highest BCUT2D eigenvalue weighted by Crippen LogP contribution is 2.29. The van der Waals surface area contributed by atoms with Crippen LogP contribution in [0.2, 0.25) is 10.0 Å². The summed E-state index contributed by atoms with van der Waals surface area (Å²) in [6.45, 7) is 0.549. The number of halogens is 2. The molecule has 0 saturated carbocycles. The number of aromatic hydroxyl groups is 2. The molecule has 0 unspecified atom stereocenters. The molecule has 2 rings (SSSR count). The van der Waals surface area contributed by atoms with Crippen LogP contribution >= 0.6 is 23.2 Å². The standard InChI is InChI=1S/C10H12ClNO2.C7H5ClO2.C2H7N.CH4O.CH4/c1-12(2)5-8-3-7(6-13)4-9(11)10(8)14;8-6-3-5(4-9)1-2-7(6)10;1-3-2;1-2;/h3-4,6,14H,5H2,1-2H3;1-4,10H;3H,1-2H3;2H,1H3;1H4. The van der Waals surface area contributed by atoms with Gasteiger partial charge in [-0.15, -0.1) is 0 Å². The molecule has 0 saturated heterocycles. The van der Waals surface area contributed by atoms with E-state index >= 15 is 0 Å². The second-order valence-corrected chi connectivity index (χ2v) is 6.51. The molecule has 0 aliphatic heterocycles. The number of aliphatic hydroxyl groups excluding tert-OH is 1. The molecule has 0 radical (unpaired) electrons. The first kappa shape index (κ1) is 32.5. The van der Waals surface area contributed by atoms with Crippen LogP contribution in [0.1, 0.15) is 33.7 Å². The lowest BCUT2D eigenvalue weighted by Crippen LogP contribution is -2.11. The Hall–Kier alpha value is -2.16. The predicted octanol–water partition coefficient (Wildman–Crippen LogP) is 3.86.